The first-order valence-electron chi connectivity index (χ1n) is 6.16. The van der Waals surface area contributed by atoms with Gasteiger partial charge in [0.15, 0.2) is 5.82 Å². The van der Waals surface area contributed by atoms with Gasteiger partial charge in [0.25, 0.3) is 0 Å². The van der Waals surface area contributed by atoms with Gasteiger partial charge in [0.05, 0.1) is 0 Å². The summed E-state index contributed by atoms with van der Waals surface area (Å²) in [6.45, 7) is 1.89. The monoisotopic (exact) mass is 287 g/mol. The van der Waals surface area contributed by atoms with Crippen molar-refractivity contribution in [2.75, 3.05) is 5.73 Å². The Kier molecular flexibility index (Phi) is 3.09. The lowest BCUT2D eigenvalue weighted by atomic mass is 10.1. The van der Waals surface area contributed by atoms with Gasteiger partial charge in [-0.05, 0) is 41.6 Å². The van der Waals surface area contributed by atoms with Gasteiger partial charge in [0, 0.05) is 17.3 Å². The molecule has 0 atom stereocenters. The van der Waals surface area contributed by atoms with Gasteiger partial charge in [-0.25, -0.2) is 8.78 Å². The van der Waals surface area contributed by atoms with E-state index in [9.17, 15) is 8.78 Å². The molecule has 0 bridgehead atoms. The van der Waals surface area contributed by atoms with Crippen molar-refractivity contribution in [2.45, 2.75) is 6.92 Å². The molecule has 1 heterocycles. The summed E-state index contributed by atoms with van der Waals surface area (Å²) in [5.74, 6) is -0.957. The standard InChI is InChI=1S/C14H11F2N5/c1-8-2-5-12(17)10(6-8)14-18-19-20-21(14)13-7-9(15)3-4-11(13)16/h2-7H,17H2,1H3. The summed E-state index contributed by atoms with van der Waals surface area (Å²) in [6, 6.07) is 8.43. The number of aryl methyl sites for hydroxylation is 1. The number of tetrazole rings is 1. The van der Waals surface area contributed by atoms with Crippen LogP contribution in [0.2, 0.25) is 0 Å². The molecular formula is C14H11F2N5. The summed E-state index contributed by atoms with van der Waals surface area (Å²) in [7, 11) is 0. The molecule has 2 aromatic carbocycles. The van der Waals surface area contributed by atoms with Gasteiger partial charge in [0.1, 0.15) is 17.3 Å². The summed E-state index contributed by atoms with van der Waals surface area (Å²) in [5, 5.41) is 11.1. The number of hydrogen-bond acceptors (Lipinski definition) is 4. The first-order valence-corrected chi connectivity index (χ1v) is 6.16. The Labute approximate surface area is 119 Å². The minimum Gasteiger partial charge on any atom is -0.398 e. The van der Waals surface area contributed by atoms with E-state index >= 15 is 0 Å². The van der Waals surface area contributed by atoms with Crippen molar-refractivity contribution in [1.82, 2.24) is 20.2 Å². The van der Waals surface area contributed by atoms with Crippen LogP contribution in [0.1, 0.15) is 5.56 Å². The van der Waals surface area contributed by atoms with Crippen LogP contribution in [0.3, 0.4) is 0 Å². The highest BCUT2D eigenvalue weighted by Crippen LogP contribution is 2.27. The number of hydrogen-bond donors (Lipinski definition) is 1. The van der Waals surface area contributed by atoms with Gasteiger partial charge in [-0.2, -0.15) is 4.68 Å². The third-order valence-electron chi connectivity index (χ3n) is 3.06. The maximum atomic E-state index is 13.9. The molecule has 0 spiro atoms. The Balaban J connectivity index is 2.22. The van der Waals surface area contributed by atoms with Crippen molar-refractivity contribution < 1.29 is 8.78 Å². The van der Waals surface area contributed by atoms with Crippen molar-refractivity contribution in [3.05, 3.63) is 53.6 Å². The molecule has 3 rings (SSSR count). The third-order valence-corrected chi connectivity index (χ3v) is 3.06. The van der Waals surface area contributed by atoms with Gasteiger partial charge in [-0.1, -0.05) is 11.6 Å². The topological polar surface area (TPSA) is 69.6 Å². The van der Waals surface area contributed by atoms with E-state index in [1.165, 1.54) is 0 Å². The Hall–Kier alpha value is -2.83. The van der Waals surface area contributed by atoms with Crippen LogP contribution in [0.5, 0.6) is 0 Å². The molecule has 21 heavy (non-hydrogen) atoms. The second-order valence-corrected chi connectivity index (χ2v) is 4.60. The molecule has 0 unspecified atom stereocenters. The number of nitrogen functional groups attached to an aromatic ring is 1. The highest BCUT2D eigenvalue weighted by molar-refractivity contribution is 5.73. The molecule has 0 saturated heterocycles. The molecule has 0 aliphatic carbocycles. The molecule has 0 amide bonds. The van der Waals surface area contributed by atoms with E-state index in [4.69, 9.17) is 5.73 Å². The molecule has 3 aromatic rings. The molecule has 0 aliphatic heterocycles. The number of halogens is 2. The van der Waals surface area contributed by atoms with Gasteiger partial charge in [-0.15, -0.1) is 5.10 Å². The molecule has 0 aliphatic rings. The van der Waals surface area contributed by atoms with Crippen molar-refractivity contribution in [1.29, 1.82) is 0 Å². The van der Waals surface area contributed by atoms with Crippen LogP contribution in [0.4, 0.5) is 14.5 Å². The average molecular weight is 287 g/mol. The molecule has 1 aromatic heterocycles. The van der Waals surface area contributed by atoms with Crippen LogP contribution in [0.15, 0.2) is 36.4 Å². The highest BCUT2D eigenvalue weighted by Gasteiger charge is 2.17. The number of anilines is 1. The summed E-state index contributed by atoms with van der Waals surface area (Å²) in [6.07, 6.45) is 0. The molecule has 106 valence electrons. The highest BCUT2D eigenvalue weighted by atomic mass is 19.1. The lowest BCUT2D eigenvalue weighted by Crippen LogP contribution is -2.04. The summed E-state index contributed by atoms with van der Waals surface area (Å²) in [4.78, 5) is 0. The molecule has 0 fully saturated rings. The van der Waals surface area contributed by atoms with E-state index in [0.717, 1.165) is 28.4 Å². The van der Waals surface area contributed by atoms with Crippen LogP contribution >= 0.6 is 0 Å². The van der Waals surface area contributed by atoms with Crippen molar-refractivity contribution in [2.24, 2.45) is 0 Å². The number of benzene rings is 2. The molecule has 5 nitrogen and oxygen atoms in total. The van der Waals surface area contributed by atoms with Gasteiger partial charge >= 0.3 is 0 Å². The number of aromatic nitrogens is 4. The lowest BCUT2D eigenvalue weighted by molar-refractivity contribution is 0.584. The lowest BCUT2D eigenvalue weighted by Gasteiger charge is -2.08. The van der Waals surface area contributed by atoms with E-state index in [1.807, 2.05) is 13.0 Å². The predicted octanol–water partition coefficient (Wildman–Crippen LogP) is 2.50. The third kappa shape index (κ3) is 2.33. The van der Waals surface area contributed by atoms with E-state index in [2.05, 4.69) is 15.5 Å². The Morgan fingerprint density at radius 1 is 1.10 bits per heavy atom. The zero-order valence-electron chi connectivity index (χ0n) is 11.1. The Bertz CT molecular complexity index is 747. The fourth-order valence-electron chi connectivity index (χ4n) is 2.03. The fourth-order valence-corrected chi connectivity index (χ4v) is 2.03. The van der Waals surface area contributed by atoms with Gasteiger partial charge < -0.3 is 5.73 Å². The maximum absolute atomic E-state index is 13.9. The second-order valence-electron chi connectivity index (χ2n) is 4.60. The molecule has 0 saturated carbocycles. The first kappa shape index (κ1) is 13.2. The van der Waals surface area contributed by atoms with Crippen LogP contribution in [-0.2, 0) is 0 Å². The SMILES string of the molecule is Cc1ccc(N)c(-c2nnnn2-c2cc(F)ccc2F)c1. The van der Waals surface area contributed by atoms with E-state index in [-0.39, 0.29) is 11.5 Å². The van der Waals surface area contributed by atoms with Crippen molar-refractivity contribution in [3.63, 3.8) is 0 Å². The van der Waals surface area contributed by atoms with Crippen LogP contribution in [0, 0.1) is 18.6 Å². The Morgan fingerprint density at radius 2 is 1.90 bits per heavy atom. The summed E-state index contributed by atoms with van der Waals surface area (Å²) in [5.41, 5.74) is 7.81. The minimum atomic E-state index is -0.629. The molecule has 2 N–H and O–H groups in total. The largest absolute Gasteiger partial charge is 0.398 e. The van der Waals surface area contributed by atoms with Crippen LogP contribution < -0.4 is 5.73 Å². The van der Waals surface area contributed by atoms with Gasteiger partial charge in [0.2, 0.25) is 0 Å². The van der Waals surface area contributed by atoms with E-state index < -0.39 is 11.6 Å². The average Bonchev–Trinajstić information content (AvgIpc) is 2.93. The number of rotatable bonds is 2. The summed E-state index contributed by atoms with van der Waals surface area (Å²) < 4.78 is 28.4. The fraction of sp³-hybridized carbons (Fsp3) is 0.0714. The first-order chi connectivity index (χ1) is 10.1. The maximum Gasteiger partial charge on any atom is 0.189 e. The second kappa shape index (κ2) is 4.93. The normalized spacial score (nSPS) is 10.8. The van der Waals surface area contributed by atoms with Crippen LogP contribution in [0.25, 0.3) is 17.1 Å². The molecular weight excluding hydrogens is 276 g/mol. The zero-order valence-corrected chi connectivity index (χ0v) is 11.1. The summed E-state index contributed by atoms with van der Waals surface area (Å²) >= 11 is 0. The van der Waals surface area contributed by atoms with Crippen molar-refractivity contribution in [3.8, 4) is 17.1 Å². The zero-order chi connectivity index (χ0) is 15.0. The number of nitrogens with two attached hydrogens (primary N) is 1. The van der Waals surface area contributed by atoms with Gasteiger partial charge in [-0.3, -0.25) is 0 Å². The quantitative estimate of drug-likeness (QED) is 0.735. The van der Waals surface area contributed by atoms with E-state index in [0.29, 0.717) is 11.3 Å². The molecule has 7 heteroatoms. The molecule has 0 radical (unpaired) electrons. The number of nitrogens with zero attached hydrogens (tertiary/aromatic N) is 4. The van der Waals surface area contributed by atoms with E-state index in [1.54, 1.807) is 12.1 Å². The van der Waals surface area contributed by atoms with Crippen LogP contribution in [-0.4, -0.2) is 20.2 Å². The minimum absolute atomic E-state index is 0.0732. The Morgan fingerprint density at radius 3 is 2.71 bits per heavy atom. The van der Waals surface area contributed by atoms with Crippen molar-refractivity contribution >= 4 is 5.69 Å². The smallest absolute Gasteiger partial charge is 0.189 e. The predicted molar refractivity (Wildman–Crippen MR) is 73.7 cm³/mol.